The van der Waals surface area contributed by atoms with Crippen LogP contribution >= 0.6 is 0 Å². The lowest BCUT2D eigenvalue weighted by Crippen LogP contribution is -2.00. The molecule has 0 atom stereocenters. The number of pyridine rings is 1. The van der Waals surface area contributed by atoms with Crippen LogP contribution in [0.3, 0.4) is 0 Å². The number of rotatable bonds is 5. The van der Waals surface area contributed by atoms with Crippen LogP contribution in [0.15, 0.2) is 48.5 Å². The van der Waals surface area contributed by atoms with Crippen LogP contribution in [0.1, 0.15) is 41.3 Å². The molecule has 0 amide bonds. The van der Waals surface area contributed by atoms with Gasteiger partial charge in [0, 0.05) is 10.9 Å². The zero-order valence-corrected chi connectivity index (χ0v) is 14.0. The van der Waals surface area contributed by atoms with Crippen LogP contribution in [0.2, 0.25) is 0 Å². The summed E-state index contributed by atoms with van der Waals surface area (Å²) < 4.78 is 0. The highest BCUT2D eigenvalue weighted by Crippen LogP contribution is 2.26. The highest BCUT2D eigenvalue weighted by molar-refractivity contribution is 6.03. The molecule has 0 aliphatic carbocycles. The SMILES string of the molecule is CCCCc1ccc(-c2cc(C(=O)O)c3cc(C)ccc3n2)cc1. The lowest BCUT2D eigenvalue weighted by atomic mass is 10.0. The molecule has 1 aromatic heterocycles. The largest absolute Gasteiger partial charge is 0.478 e. The third-order valence-electron chi connectivity index (χ3n) is 4.26. The van der Waals surface area contributed by atoms with Gasteiger partial charge in [-0.2, -0.15) is 0 Å². The number of unbranched alkanes of at least 4 members (excludes halogenated alkanes) is 1. The number of aromatic carboxylic acids is 1. The molecule has 0 bridgehead atoms. The highest BCUT2D eigenvalue weighted by atomic mass is 16.4. The van der Waals surface area contributed by atoms with Crippen molar-refractivity contribution < 1.29 is 9.90 Å². The molecule has 0 unspecified atom stereocenters. The van der Waals surface area contributed by atoms with Crippen molar-refractivity contribution in [1.82, 2.24) is 4.98 Å². The molecule has 2 aromatic carbocycles. The highest BCUT2D eigenvalue weighted by Gasteiger charge is 2.13. The van der Waals surface area contributed by atoms with Crippen LogP contribution in [0.25, 0.3) is 22.2 Å². The second-order valence-electron chi connectivity index (χ2n) is 6.18. The standard InChI is InChI=1S/C21H21NO2/c1-3-4-5-15-7-9-16(10-8-15)20-13-18(21(23)24)17-12-14(2)6-11-19(17)22-20/h6-13H,3-5H2,1-2H3,(H,23,24). The van der Waals surface area contributed by atoms with Crippen LogP contribution in [0.5, 0.6) is 0 Å². The van der Waals surface area contributed by atoms with Crippen molar-refractivity contribution in [1.29, 1.82) is 0 Å². The Morgan fingerprint density at radius 3 is 2.50 bits per heavy atom. The van der Waals surface area contributed by atoms with Crippen LogP contribution in [0.4, 0.5) is 0 Å². The number of benzene rings is 2. The van der Waals surface area contributed by atoms with E-state index in [0.717, 1.165) is 17.5 Å². The van der Waals surface area contributed by atoms with E-state index in [0.29, 0.717) is 22.2 Å². The minimum Gasteiger partial charge on any atom is -0.478 e. The predicted octanol–water partition coefficient (Wildman–Crippen LogP) is 5.25. The predicted molar refractivity (Wildman–Crippen MR) is 97.5 cm³/mol. The quantitative estimate of drug-likeness (QED) is 0.698. The molecule has 3 nitrogen and oxygen atoms in total. The summed E-state index contributed by atoms with van der Waals surface area (Å²) in [6, 6.07) is 15.7. The molecule has 3 rings (SSSR count). The number of carbonyl (C=O) groups is 1. The van der Waals surface area contributed by atoms with Gasteiger partial charge in [0.15, 0.2) is 0 Å². The van der Waals surface area contributed by atoms with Gasteiger partial charge in [-0.1, -0.05) is 49.2 Å². The van der Waals surface area contributed by atoms with Gasteiger partial charge in [0.2, 0.25) is 0 Å². The van der Waals surface area contributed by atoms with Gasteiger partial charge in [0.05, 0.1) is 16.8 Å². The van der Waals surface area contributed by atoms with Gasteiger partial charge in [-0.05, 0) is 43.5 Å². The van der Waals surface area contributed by atoms with E-state index in [9.17, 15) is 9.90 Å². The Bertz CT molecular complexity index is 882. The number of carboxylic acids is 1. The summed E-state index contributed by atoms with van der Waals surface area (Å²) in [5.41, 5.74) is 4.99. The van der Waals surface area contributed by atoms with E-state index in [1.54, 1.807) is 6.07 Å². The van der Waals surface area contributed by atoms with E-state index in [1.807, 2.05) is 37.3 Å². The first kappa shape index (κ1) is 16.2. The number of fused-ring (bicyclic) bond motifs is 1. The number of hydrogen-bond acceptors (Lipinski definition) is 2. The molecule has 0 saturated carbocycles. The molecule has 0 saturated heterocycles. The second kappa shape index (κ2) is 6.83. The smallest absolute Gasteiger partial charge is 0.336 e. The molecule has 3 aromatic rings. The first-order valence-corrected chi connectivity index (χ1v) is 8.32. The van der Waals surface area contributed by atoms with E-state index in [2.05, 4.69) is 24.0 Å². The summed E-state index contributed by atoms with van der Waals surface area (Å²) in [5.74, 6) is -0.922. The van der Waals surface area contributed by atoms with Gasteiger partial charge >= 0.3 is 5.97 Å². The molecule has 0 fully saturated rings. The van der Waals surface area contributed by atoms with Gasteiger partial charge < -0.3 is 5.11 Å². The summed E-state index contributed by atoms with van der Waals surface area (Å²) in [6.07, 6.45) is 3.42. The van der Waals surface area contributed by atoms with Gasteiger partial charge in [0.25, 0.3) is 0 Å². The number of carboxylic acid groups (broad SMARTS) is 1. The van der Waals surface area contributed by atoms with Gasteiger partial charge in [-0.25, -0.2) is 9.78 Å². The molecule has 122 valence electrons. The summed E-state index contributed by atoms with van der Waals surface area (Å²) in [4.78, 5) is 16.3. The lowest BCUT2D eigenvalue weighted by Gasteiger charge is -2.09. The average molecular weight is 319 g/mol. The number of aryl methyl sites for hydroxylation is 2. The Hall–Kier alpha value is -2.68. The Balaban J connectivity index is 2.06. The van der Waals surface area contributed by atoms with Gasteiger partial charge in [-0.15, -0.1) is 0 Å². The Morgan fingerprint density at radius 1 is 1.08 bits per heavy atom. The molecular formula is C21H21NO2. The first-order valence-electron chi connectivity index (χ1n) is 8.32. The van der Waals surface area contributed by atoms with Crippen molar-refractivity contribution in [3.63, 3.8) is 0 Å². The van der Waals surface area contributed by atoms with Crippen molar-refractivity contribution in [3.05, 3.63) is 65.2 Å². The Morgan fingerprint density at radius 2 is 1.83 bits per heavy atom. The molecule has 0 radical (unpaired) electrons. The van der Waals surface area contributed by atoms with E-state index in [4.69, 9.17) is 0 Å². The number of aromatic nitrogens is 1. The van der Waals surface area contributed by atoms with Crippen molar-refractivity contribution in [2.75, 3.05) is 0 Å². The summed E-state index contributed by atoms with van der Waals surface area (Å²) in [7, 11) is 0. The topological polar surface area (TPSA) is 50.2 Å². The van der Waals surface area contributed by atoms with Gasteiger partial charge in [0.1, 0.15) is 0 Å². The third-order valence-corrected chi connectivity index (χ3v) is 4.26. The van der Waals surface area contributed by atoms with E-state index >= 15 is 0 Å². The molecule has 24 heavy (non-hydrogen) atoms. The maximum absolute atomic E-state index is 11.7. The Labute approximate surface area is 142 Å². The molecule has 0 spiro atoms. The summed E-state index contributed by atoms with van der Waals surface area (Å²) in [5, 5.41) is 10.2. The zero-order valence-electron chi connectivity index (χ0n) is 14.0. The second-order valence-corrected chi connectivity index (χ2v) is 6.18. The molecule has 1 N–H and O–H groups in total. The summed E-state index contributed by atoms with van der Waals surface area (Å²) in [6.45, 7) is 4.14. The van der Waals surface area contributed by atoms with Crippen LogP contribution in [-0.4, -0.2) is 16.1 Å². The van der Waals surface area contributed by atoms with E-state index in [-0.39, 0.29) is 0 Å². The van der Waals surface area contributed by atoms with Crippen molar-refractivity contribution in [2.24, 2.45) is 0 Å². The Kier molecular flexibility index (Phi) is 4.61. The van der Waals surface area contributed by atoms with E-state index in [1.165, 1.54) is 18.4 Å². The van der Waals surface area contributed by atoms with Crippen LogP contribution in [-0.2, 0) is 6.42 Å². The van der Waals surface area contributed by atoms with Crippen molar-refractivity contribution >= 4 is 16.9 Å². The molecular weight excluding hydrogens is 298 g/mol. The third kappa shape index (κ3) is 3.30. The fourth-order valence-corrected chi connectivity index (χ4v) is 2.89. The maximum Gasteiger partial charge on any atom is 0.336 e. The van der Waals surface area contributed by atoms with Crippen molar-refractivity contribution in [3.8, 4) is 11.3 Å². The normalized spacial score (nSPS) is 10.9. The minimum absolute atomic E-state index is 0.300. The fraction of sp³-hybridized carbons (Fsp3) is 0.238. The number of nitrogens with zero attached hydrogens (tertiary/aromatic N) is 1. The maximum atomic E-state index is 11.7. The average Bonchev–Trinajstić information content (AvgIpc) is 2.59. The van der Waals surface area contributed by atoms with Gasteiger partial charge in [-0.3, -0.25) is 0 Å². The van der Waals surface area contributed by atoms with E-state index < -0.39 is 5.97 Å². The molecule has 3 heteroatoms. The molecule has 1 heterocycles. The zero-order chi connectivity index (χ0) is 17.1. The fourth-order valence-electron chi connectivity index (χ4n) is 2.89. The minimum atomic E-state index is -0.922. The van der Waals surface area contributed by atoms with Crippen molar-refractivity contribution in [2.45, 2.75) is 33.1 Å². The molecule has 0 aliphatic rings. The number of hydrogen-bond donors (Lipinski definition) is 1. The lowest BCUT2D eigenvalue weighted by molar-refractivity contribution is 0.0699. The van der Waals surface area contributed by atoms with Crippen LogP contribution < -0.4 is 0 Å². The first-order chi connectivity index (χ1) is 11.6. The molecule has 0 aliphatic heterocycles. The monoisotopic (exact) mass is 319 g/mol. The summed E-state index contributed by atoms with van der Waals surface area (Å²) >= 11 is 0. The van der Waals surface area contributed by atoms with Crippen LogP contribution in [0, 0.1) is 6.92 Å².